The van der Waals surface area contributed by atoms with Gasteiger partial charge >= 0.3 is 0 Å². The number of hydrogen-bond acceptors (Lipinski definition) is 4. The maximum Gasteiger partial charge on any atom is 0.227 e. The van der Waals surface area contributed by atoms with Gasteiger partial charge in [-0.3, -0.25) is 0 Å². The smallest absolute Gasteiger partial charge is 0.227 e. The van der Waals surface area contributed by atoms with Gasteiger partial charge in [-0.25, -0.2) is 4.98 Å². The van der Waals surface area contributed by atoms with Crippen molar-refractivity contribution in [2.75, 3.05) is 13.2 Å². The Labute approximate surface area is 90.0 Å². The molecule has 1 aromatic rings. The largest absolute Gasteiger partial charge is 0.443 e. The lowest BCUT2D eigenvalue weighted by molar-refractivity contribution is -0.0887. The fourth-order valence-corrected chi connectivity index (χ4v) is 1.62. The molecule has 84 valence electrons. The van der Waals surface area contributed by atoms with E-state index in [2.05, 4.69) is 17.2 Å². The molecule has 0 spiro atoms. The van der Waals surface area contributed by atoms with Crippen molar-refractivity contribution in [3.63, 3.8) is 0 Å². The fourth-order valence-electron chi connectivity index (χ4n) is 1.62. The second-order valence-electron chi connectivity index (χ2n) is 4.48. The molecule has 1 aromatic heterocycles. The van der Waals surface area contributed by atoms with Gasteiger partial charge in [0, 0.05) is 12.6 Å². The summed E-state index contributed by atoms with van der Waals surface area (Å²) in [5.41, 5.74) is 0.513. The Kier molecular flexibility index (Phi) is 2.56. The van der Waals surface area contributed by atoms with E-state index in [0.717, 1.165) is 18.0 Å². The Morgan fingerprint density at radius 2 is 2.20 bits per heavy atom. The number of rotatable bonds is 1. The van der Waals surface area contributed by atoms with E-state index in [9.17, 15) is 0 Å². The lowest BCUT2D eigenvalue weighted by Crippen LogP contribution is -2.50. The standard InChI is InChI=1S/C11H18N2O2/c1-7-5-14-11(4,6-12-7)10-13-8(2)9(3)15-10/h7,12H,5-6H2,1-4H3. The molecule has 0 bridgehead atoms. The maximum absolute atomic E-state index is 5.81. The summed E-state index contributed by atoms with van der Waals surface area (Å²) in [5, 5.41) is 3.37. The highest BCUT2D eigenvalue weighted by atomic mass is 16.5. The molecular formula is C11H18N2O2. The van der Waals surface area contributed by atoms with Gasteiger partial charge in [0.05, 0.1) is 12.3 Å². The second-order valence-corrected chi connectivity index (χ2v) is 4.48. The summed E-state index contributed by atoms with van der Waals surface area (Å²) in [7, 11) is 0. The first kappa shape index (κ1) is 10.6. The van der Waals surface area contributed by atoms with Crippen molar-refractivity contribution in [2.45, 2.75) is 39.3 Å². The van der Waals surface area contributed by atoms with E-state index >= 15 is 0 Å². The minimum absolute atomic E-state index is 0.398. The molecule has 2 unspecified atom stereocenters. The summed E-state index contributed by atoms with van der Waals surface area (Å²) in [5.74, 6) is 1.55. The normalized spacial score (nSPS) is 31.9. The van der Waals surface area contributed by atoms with Crippen molar-refractivity contribution < 1.29 is 9.15 Å². The summed E-state index contributed by atoms with van der Waals surface area (Å²) >= 11 is 0. The molecule has 1 saturated heterocycles. The predicted molar refractivity (Wildman–Crippen MR) is 56.7 cm³/mol. The topological polar surface area (TPSA) is 47.3 Å². The first-order chi connectivity index (χ1) is 7.01. The van der Waals surface area contributed by atoms with Gasteiger partial charge in [0.25, 0.3) is 0 Å². The van der Waals surface area contributed by atoms with Gasteiger partial charge in [0.1, 0.15) is 5.76 Å². The molecule has 2 rings (SSSR count). The molecule has 0 radical (unpaired) electrons. The van der Waals surface area contributed by atoms with Crippen molar-refractivity contribution in [3.8, 4) is 0 Å². The number of ether oxygens (including phenoxy) is 1. The third-order valence-corrected chi connectivity index (χ3v) is 2.92. The van der Waals surface area contributed by atoms with Gasteiger partial charge in [-0.1, -0.05) is 0 Å². The van der Waals surface area contributed by atoms with E-state index < -0.39 is 5.60 Å². The van der Waals surface area contributed by atoms with E-state index in [4.69, 9.17) is 9.15 Å². The van der Waals surface area contributed by atoms with Gasteiger partial charge < -0.3 is 14.5 Å². The third kappa shape index (κ3) is 1.92. The lowest BCUT2D eigenvalue weighted by Gasteiger charge is -2.34. The molecule has 1 aliphatic rings. The van der Waals surface area contributed by atoms with Crippen molar-refractivity contribution in [1.29, 1.82) is 0 Å². The minimum Gasteiger partial charge on any atom is -0.443 e. The monoisotopic (exact) mass is 210 g/mol. The van der Waals surface area contributed by atoms with E-state index in [1.807, 2.05) is 20.8 Å². The second kappa shape index (κ2) is 3.61. The maximum atomic E-state index is 5.81. The average Bonchev–Trinajstić information content (AvgIpc) is 2.53. The summed E-state index contributed by atoms with van der Waals surface area (Å²) in [6.07, 6.45) is 0. The first-order valence-electron chi connectivity index (χ1n) is 5.33. The fraction of sp³-hybridized carbons (Fsp3) is 0.727. The lowest BCUT2D eigenvalue weighted by atomic mass is 10.0. The summed E-state index contributed by atoms with van der Waals surface area (Å²) in [6.45, 7) is 9.42. The van der Waals surface area contributed by atoms with Gasteiger partial charge in [0.2, 0.25) is 5.89 Å². The van der Waals surface area contributed by atoms with Crippen LogP contribution in [-0.2, 0) is 10.3 Å². The first-order valence-corrected chi connectivity index (χ1v) is 5.33. The van der Waals surface area contributed by atoms with Gasteiger partial charge in [-0.15, -0.1) is 0 Å². The number of hydrogen-bond donors (Lipinski definition) is 1. The minimum atomic E-state index is -0.425. The molecule has 4 heteroatoms. The summed E-state index contributed by atoms with van der Waals surface area (Å²) in [4.78, 5) is 4.40. The van der Waals surface area contributed by atoms with Crippen LogP contribution in [0.25, 0.3) is 0 Å². The van der Waals surface area contributed by atoms with Crippen molar-refractivity contribution >= 4 is 0 Å². The van der Waals surface area contributed by atoms with Crippen LogP contribution in [0.1, 0.15) is 31.2 Å². The SMILES string of the molecule is Cc1nc(C2(C)CNC(C)CO2)oc1C. The molecule has 1 N–H and O–H groups in total. The number of nitrogens with zero attached hydrogens (tertiary/aromatic N) is 1. The number of aromatic nitrogens is 1. The molecule has 0 saturated carbocycles. The zero-order valence-electron chi connectivity index (χ0n) is 9.76. The molecule has 0 amide bonds. The summed E-state index contributed by atoms with van der Waals surface area (Å²) in [6, 6.07) is 0.398. The van der Waals surface area contributed by atoms with Crippen molar-refractivity contribution in [3.05, 3.63) is 17.3 Å². The summed E-state index contributed by atoms with van der Waals surface area (Å²) < 4.78 is 11.4. The van der Waals surface area contributed by atoms with Crippen molar-refractivity contribution in [2.24, 2.45) is 0 Å². The molecule has 2 heterocycles. The van der Waals surface area contributed by atoms with Gasteiger partial charge in [-0.2, -0.15) is 0 Å². The van der Waals surface area contributed by atoms with Crippen LogP contribution in [0.4, 0.5) is 0 Å². The van der Waals surface area contributed by atoms with E-state index in [-0.39, 0.29) is 0 Å². The van der Waals surface area contributed by atoms with E-state index in [1.165, 1.54) is 0 Å². The molecule has 2 atom stereocenters. The Morgan fingerprint density at radius 1 is 1.47 bits per heavy atom. The third-order valence-electron chi connectivity index (χ3n) is 2.92. The molecule has 0 aromatic carbocycles. The van der Waals surface area contributed by atoms with Crippen LogP contribution < -0.4 is 5.32 Å². The zero-order chi connectivity index (χ0) is 11.1. The molecule has 0 aliphatic carbocycles. The van der Waals surface area contributed by atoms with Crippen LogP contribution in [0.2, 0.25) is 0 Å². The van der Waals surface area contributed by atoms with Crippen LogP contribution >= 0.6 is 0 Å². The van der Waals surface area contributed by atoms with Crippen LogP contribution in [-0.4, -0.2) is 24.2 Å². The Balaban J connectivity index is 2.22. The van der Waals surface area contributed by atoms with E-state index in [0.29, 0.717) is 18.5 Å². The Hall–Kier alpha value is -0.870. The molecule has 1 fully saturated rings. The van der Waals surface area contributed by atoms with E-state index in [1.54, 1.807) is 0 Å². The highest BCUT2D eigenvalue weighted by Gasteiger charge is 2.37. The Morgan fingerprint density at radius 3 is 2.67 bits per heavy atom. The van der Waals surface area contributed by atoms with Crippen LogP contribution in [0.3, 0.4) is 0 Å². The zero-order valence-corrected chi connectivity index (χ0v) is 9.76. The highest BCUT2D eigenvalue weighted by Crippen LogP contribution is 2.28. The molecule has 15 heavy (non-hydrogen) atoms. The van der Waals surface area contributed by atoms with Gasteiger partial charge in [-0.05, 0) is 27.7 Å². The molecular weight excluding hydrogens is 192 g/mol. The van der Waals surface area contributed by atoms with Crippen LogP contribution in [0.5, 0.6) is 0 Å². The number of oxazole rings is 1. The van der Waals surface area contributed by atoms with Crippen LogP contribution in [0.15, 0.2) is 4.42 Å². The number of morpholine rings is 1. The quantitative estimate of drug-likeness (QED) is 0.763. The number of nitrogens with one attached hydrogen (secondary N) is 1. The number of aryl methyl sites for hydroxylation is 2. The highest BCUT2D eigenvalue weighted by molar-refractivity contribution is 5.10. The average molecular weight is 210 g/mol. The van der Waals surface area contributed by atoms with Crippen molar-refractivity contribution in [1.82, 2.24) is 10.3 Å². The van der Waals surface area contributed by atoms with Crippen LogP contribution in [0, 0.1) is 13.8 Å². The molecule has 4 nitrogen and oxygen atoms in total. The van der Waals surface area contributed by atoms with Gasteiger partial charge in [0.15, 0.2) is 5.60 Å². The molecule has 1 aliphatic heterocycles. The predicted octanol–water partition coefficient (Wildman–Crippen LogP) is 1.51. The Bertz CT molecular complexity index is 332.